The third-order valence-electron chi connectivity index (χ3n) is 3.06. The van der Waals surface area contributed by atoms with Crippen molar-refractivity contribution in [3.8, 4) is 5.69 Å². The molecule has 19 heavy (non-hydrogen) atoms. The molecule has 1 aliphatic rings. The average Bonchev–Trinajstić information content (AvgIpc) is 3.02. The number of carbonyl (C=O) groups is 1. The maximum absolute atomic E-state index is 12.3. The Morgan fingerprint density at radius 3 is 2.84 bits per heavy atom. The van der Waals surface area contributed by atoms with Crippen molar-refractivity contribution < 1.29 is 9.53 Å². The lowest BCUT2D eigenvalue weighted by molar-refractivity contribution is 0.0299. The fourth-order valence-corrected chi connectivity index (χ4v) is 2.04. The van der Waals surface area contributed by atoms with Crippen LogP contribution in [0.2, 0.25) is 0 Å². The summed E-state index contributed by atoms with van der Waals surface area (Å²) in [5, 5.41) is 0. The van der Waals surface area contributed by atoms with Crippen LogP contribution in [0.1, 0.15) is 10.5 Å². The number of imidazole rings is 1. The number of nitrogens with zero attached hydrogens (tertiary/aromatic N) is 4. The van der Waals surface area contributed by atoms with Crippen molar-refractivity contribution in [1.82, 2.24) is 19.4 Å². The highest BCUT2D eigenvalue weighted by atomic mass is 16.5. The van der Waals surface area contributed by atoms with Crippen LogP contribution in [0.3, 0.4) is 0 Å². The molecule has 0 unspecified atom stereocenters. The van der Waals surface area contributed by atoms with Crippen LogP contribution in [0.4, 0.5) is 0 Å². The minimum absolute atomic E-state index is 0.0507. The number of rotatable bonds is 2. The normalized spacial score (nSPS) is 15.5. The van der Waals surface area contributed by atoms with Gasteiger partial charge in [-0.2, -0.15) is 0 Å². The van der Waals surface area contributed by atoms with Crippen molar-refractivity contribution in [3.63, 3.8) is 0 Å². The molecule has 3 rings (SSSR count). The van der Waals surface area contributed by atoms with Crippen LogP contribution in [-0.2, 0) is 4.74 Å². The Morgan fingerprint density at radius 1 is 1.26 bits per heavy atom. The first-order chi connectivity index (χ1) is 9.34. The van der Waals surface area contributed by atoms with Gasteiger partial charge in [0.1, 0.15) is 5.69 Å². The van der Waals surface area contributed by atoms with E-state index in [9.17, 15) is 4.79 Å². The van der Waals surface area contributed by atoms with E-state index in [1.54, 1.807) is 29.7 Å². The first kappa shape index (κ1) is 11.9. The van der Waals surface area contributed by atoms with Gasteiger partial charge >= 0.3 is 0 Å². The van der Waals surface area contributed by atoms with Gasteiger partial charge in [0.2, 0.25) is 0 Å². The van der Waals surface area contributed by atoms with Gasteiger partial charge in [0.25, 0.3) is 5.91 Å². The van der Waals surface area contributed by atoms with Gasteiger partial charge in [-0.3, -0.25) is 9.78 Å². The molecule has 0 atom stereocenters. The van der Waals surface area contributed by atoms with Crippen molar-refractivity contribution in [2.45, 2.75) is 0 Å². The van der Waals surface area contributed by atoms with Gasteiger partial charge in [-0.25, -0.2) is 4.98 Å². The maximum Gasteiger partial charge on any atom is 0.272 e. The van der Waals surface area contributed by atoms with E-state index in [0.717, 1.165) is 5.69 Å². The molecule has 6 heteroatoms. The minimum Gasteiger partial charge on any atom is -0.378 e. The molecule has 0 aliphatic carbocycles. The number of aromatic nitrogens is 3. The van der Waals surface area contributed by atoms with Crippen LogP contribution in [0.25, 0.3) is 5.69 Å². The Bertz CT molecular complexity index is 562. The summed E-state index contributed by atoms with van der Waals surface area (Å²) in [4.78, 5) is 22.2. The Kier molecular flexibility index (Phi) is 3.24. The van der Waals surface area contributed by atoms with Gasteiger partial charge in [-0.15, -0.1) is 0 Å². The van der Waals surface area contributed by atoms with Gasteiger partial charge in [-0.05, 0) is 12.1 Å². The molecule has 2 aromatic rings. The molecule has 98 valence electrons. The van der Waals surface area contributed by atoms with Crippen molar-refractivity contribution >= 4 is 5.91 Å². The standard InChI is InChI=1S/C13H14N4O2/c18-13(16-5-7-19-8-6-16)12-9-11(1-2-15-12)17-4-3-14-10-17/h1-4,9-10H,5-8H2. The third kappa shape index (κ3) is 2.48. The zero-order chi connectivity index (χ0) is 13.1. The van der Waals surface area contributed by atoms with E-state index in [-0.39, 0.29) is 5.91 Å². The second kappa shape index (κ2) is 5.19. The van der Waals surface area contributed by atoms with Crippen molar-refractivity contribution in [2.75, 3.05) is 26.3 Å². The molecule has 1 aliphatic heterocycles. The molecule has 1 amide bonds. The molecule has 1 saturated heterocycles. The topological polar surface area (TPSA) is 60.2 Å². The van der Waals surface area contributed by atoms with Gasteiger partial charge < -0.3 is 14.2 Å². The highest BCUT2D eigenvalue weighted by molar-refractivity contribution is 5.92. The van der Waals surface area contributed by atoms with E-state index < -0.39 is 0 Å². The van der Waals surface area contributed by atoms with E-state index in [2.05, 4.69) is 9.97 Å². The molecule has 0 saturated carbocycles. The number of morpholine rings is 1. The average molecular weight is 258 g/mol. The van der Waals surface area contributed by atoms with E-state index >= 15 is 0 Å². The number of amides is 1. The largest absolute Gasteiger partial charge is 0.378 e. The van der Waals surface area contributed by atoms with Gasteiger partial charge in [0.15, 0.2) is 0 Å². The van der Waals surface area contributed by atoms with Gasteiger partial charge in [0.05, 0.1) is 25.2 Å². The molecule has 2 aromatic heterocycles. The summed E-state index contributed by atoms with van der Waals surface area (Å²) in [6, 6.07) is 3.62. The molecule has 6 nitrogen and oxygen atoms in total. The predicted molar refractivity (Wildman–Crippen MR) is 68.1 cm³/mol. The maximum atomic E-state index is 12.3. The fraction of sp³-hybridized carbons (Fsp3) is 0.308. The summed E-state index contributed by atoms with van der Waals surface area (Å²) in [7, 11) is 0. The van der Waals surface area contributed by atoms with Gasteiger partial charge in [0, 0.05) is 31.7 Å². The fourth-order valence-electron chi connectivity index (χ4n) is 2.04. The SMILES string of the molecule is O=C(c1cc(-n2ccnc2)ccn1)N1CCOCC1. The monoisotopic (exact) mass is 258 g/mol. The summed E-state index contributed by atoms with van der Waals surface area (Å²) in [5.74, 6) is -0.0507. The highest BCUT2D eigenvalue weighted by Gasteiger charge is 2.19. The predicted octanol–water partition coefficient (Wildman–Crippen LogP) is 0.740. The Morgan fingerprint density at radius 2 is 2.11 bits per heavy atom. The zero-order valence-electron chi connectivity index (χ0n) is 10.4. The molecule has 0 N–H and O–H groups in total. The van der Waals surface area contributed by atoms with E-state index in [1.165, 1.54) is 0 Å². The first-order valence-corrected chi connectivity index (χ1v) is 6.16. The lowest BCUT2D eigenvalue weighted by Gasteiger charge is -2.26. The van der Waals surface area contributed by atoms with Crippen molar-refractivity contribution in [3.05, 3.63) is 42.7 Å². The highest BCUT2D eigenvalue weighted by Crippen LogP contribution is 2.11. The van der Waals surface area contributed by atoms with Gasteiger partial charge in [-0.1, -0.05) is 0 Å². The summed E-state index contributed by atoms with van der Waals surface area (Å²) >= 11 is 0. The summed E-state index contributed by atoms with van der Waals surface area (Å²) < 4.78 is 7.09. The van der Waals surface area contributed by atoms with E-state index in [0.29, 0.717) is 32.0 Å². The van der Waals surface area contributed by atoms with Crippen LogP contribution < -0.4 is 0 Å². The van der Waals surface area contributed by atoms with Crippen LogP contribution in [-0.4, -0.2) is 51.6 Å². The van der Waals surface area contributed by atoms with E-state index in [1.807, 2.05) is 16.8 Å². The van der Waals surface area contributed by atoms with Crippen LogP contribution in [0.5, 0.6) is 0 Å². The molecule has 0 radical (unpaired) electrons. The first-order valence-electron chi connectivity index (χ1n) is 6.16. The zero-order valence-corrected chi connectivity index (χ0v) is 10.4. The lowest BCUT2D eigenvalue weighted by atomic mass is 10.2. The summed E-state index contributed by atoms with van der Waals surface area (Å²) in [6.45, 7) is 2.42. The third-order valence-corrected chi connectivity index (χ3v) is 3.06. The quantitative estimate of drug-likeness (QED) is 0.797. The minimum atomic E-state index is -0.0507. The second-order valence-corrected chi connectivity index (χ2v) is 4.27. The van der Waals surface area contributed by atoms with Crippen molar-refractivity contribution in [2.24, 2.45) is 0 Å². The van der Waals surface area contributed by atoms with Crippen molar-refractivity contribution in [1.29, 1.82) is 0 Å². The Balaban J connectivity index is 1.84. The molecule has 0 aromatic carbocycles. The summed E-state index contributed by atoms with van der Waals surface area (Å²) in [6.07, 6.45) is 6.86. The summed E-state index contributed by atoms with van der Waals surface area (Å²) in [5.41, 5.74) is 1.33. The number of pyridine rings is 1. The lowest BCUT2D eigenvalue weighted by Crippen LogP contribution is -2.41. The molecule has 0 spiro atoms. The Labute approximate surface area is 110 Å². The molecular formula is C13H14N4O2. The smallest absolute Gasteiger partial charge is 0.272 e. The molecular weight excluding hydrogens is 244 g/mol. The molecule has 3 heterocycles. The number of carbonyl (C=O) groups excluding carboxylic acids is 1. The van der Waals surface area contributed by atoms with Crippen LogP contribution in [0.15, 0.2) is 37.1 Å². The Hall–Kier alpha value is -2.21. The molecule has 0 bridgehead atoms. The number of hydrogen-bond acceptors (Lipinski definition) is 4. The van der Waals surface area contributed by atoms with E-state index in [4.69, 9.17) is 4.74 Å². The number of ether oxygens (including phenoxy) is 1. The van der Waals surface area contributed by atoms with Crippen LogP contribution >= 0.6 is 0 Å². The molecule has 1 fully saturated rings. The number of hydrogen-bond donors (Lipinski definition) is 0. The van der Waals surface area contributed by atoms with Crippen LogP contribution in [0, 0.1) is 0 Å². The second-order valence-electron chi connectivity index (χ2n) is 4.27.